The summed E-state index contributed by atoms with van der Waals surface area (Å²) in [7, 11) is 0. The molecule has 0 radical (unpaired) electrons. The quantitative estimate of drug-likeness (QED) is 0.173. The Morgan fingerprint density at radius 3 is 2.10 bits per heavy atom. The highest BCUT2D eigenvalue weighted by Crippen LogP contribution is 2.21. The van der Waals surface area contributed by atoms with Gasteiger partial charge in [-0.25, -0.2) is 4.79 Å². The Morgan fingerprint density at radius 1 is 0.839 bits per heavy atom. The molecule has 0 bridgehead atoms. The third kappa shape index (κ3) is 12.2. The van der Waals surface area contributed by atoms with Crippen LogP contribution in [0.5, 0.6) is 5.75 Å². The van der Waals surface area contributed by atoms with Gasteiger partial charge < -0.3 is 14.2 Å². The number of hydrogen-bond acceptors (Lipinski definition) is 5. The number of carbonyl (C=O) groups is 2. The molecular weight excluding hydrogens is 392 g/mol. The van der Waals surface area contributed by atoms with E-state index >= 15 is 0 Å². The smallest absolute Gasteiger partial charge is 0.330 e. The van der Waals surface area contributed by atoms with Crippen molar-refractivity contribution in [2.45, 2.75) is 79.1 Å². The monoisotopic (exact) mass is 432 g/mol. The zero-order valence-electron chi connectivity index (χ0n) is 19.8. The summed E-state index contributed by atoms with van der Waals surface area (Å²) in [6, 6.07) is 7.61. The predicted octanol–water partition coefficient (Wildman–Crippen LogP) is 6.35. The van der Waals surface area contributed by atoms with Gasteiger partial charge in [0.25, 0.3) is 0 Å². The van der Waals surface area contributed by atoms with Gasteiger partial charge in [0, 0.05) is 6.08 Å². The van der Waals surface area contributed by atoms with E-state index < -0.39 is 11.4 Å². The van der Waals surface area contributed by atoms with Crippen LogP contribution in [0.2, 0.25) is 0 Å². The molecule has 0 saturated heterocycles. The summed E-state index contributed by atoms with van der Waals surface area (Å²) < 4.78 is 16.0. The molecule has 0 unspecified atom stereocenters. The van der Waals surface area contributed by atoms with Crippen LogP contribution in [-0.4, -0.2) is 31.8 Å². The van der Waals surface area contributed by atoms with Crippen molar-refractivity contribution < 1.29 is 23.8 Å². The van der Waals surface area contributed by atoms with Gasteiger partial charge in [-0.1, -0.05) is 64.5 Å². The summed E-state index contributed by atoms with van der Waals surface area (Å²) in [5, 5.41) is 0. The molecule has 31 heavy (non-hydrogen) atoms. The van der Waals surface area contributed by atoms with Crippen LogP contribution in [0.3, 0.4) is 0 Å². The molecule has 0 atom stereocenters. The van der Waals surface area contributed by atoms with Gasteiger partial charge >= 0.3 is 11.9 Å². The van der Waals surface area contributed by atoms with E-state index in [1.165, 1.54) is 44.6 Å². The molecule has 0 aliphatic heterocycles. The van der Waals surface area contributed by atoms with Crippen molar-refractivity contribution in [3.8, 4) is 5.75 Å². The summed E-state index contributed by atoms with van der Waals surface area (Å²) >= 11 is 0. The fraction of sp³-hybridized carbons (Fsp3) is 0.615. The maximum Gasteiger partial charge on any atom is 0.330 e. The first-order valence-electron chi connectivity index (χ1n) is 11.6. The Balaban J connectivity index is 2.20. The first-order valence-corrected chi connectivity index (χ1v) is 11.6. The van der Waals surface area contributed by atoms with Crippen LogP contribution < -0.4 is 4.74 Å². The lowest BCUT2D eigenvalue weighted by molar-refractivity contribution is -0.157. The molecule has 0 saturated carbocycles. The summed E-state index contributed by atoms with van der Waals surface area (Å²) in [4.78, 5) is 23.6. The Labute approximate surface area is 188 Å². The molecule has 0 aliphatic carbocycles. The highest BCUT2D eigenvalue weighted by molar-refractivity contribution is 5.87. The number of carbonyl (C=O) groups excluding carboxylic acids is 2. The minimum atomic E-state index is -0.520. The maximum atomic E-state index is 11.8. The third-order valence-corrected chi connectivity index (χ3v) is 5.31. The molecule has 5 nitrogen and oxygen atoms in total. The first-order chi connectivity index (χ1) is 14.9. The van der Waals surface area contributed by atoms with Crippen LogP contribution >= 0.6 is 0 Å². The highest BCUT2D eigenvalue weighted by atomic mass is 16.6. The lowest BCUT2D eigenvalue weighted by Crippen LogP contribution is -2.27. The number of esters is 2. The second kappa shape index (κ2) is 15.5. The van der Waals surface area contributed by atoms with E-state index in [1.807, 2.05) is 45.0 Å². The molecular formula is C26H40O5. The van der Waals surface area contributed by atoms with Gasteiger partial charge in [-0.2, -0.15) is 0 Å². The van der Waals surface area contributed by atoms with Crippen molar-refractivity contribution in [1.82, 2.24) is 0 Å². The van der Waals surface area contributed by atoms with Gasteiger partial charge in [-0.3, -0.25) is 4.79 Å². The number of rotatable bonds is 16. The standard InChI is InChI=1S/C26H40O5/c1-5-7-8-9-10-11-12-19-29-23-16-13-22(14-17-23)15-18-24(27)30-20-21-31-25(28)26(3,4)6-2/h13-18H,5-12,19-21H2,1-4H3/b18-15+. The molecule has 0 N–H and O–H groups in total. The van der Waals surface area contributed by atoms with E-state index in [1.54, 1.807) is 6.08 Å². The third-order valence-electron chi connectivity index (χ3n) is 5.31. The zero-order chi connectivity index (χ0) is 23.0. The second-order valence-corrected chi connectivity index (χ2v) is 8.41. The van der Waals surface area contributed by atoms with Crippen LogP contribution in [0.25, 0.3) is 6.08 Å². The summed E-state index contributed by atoms with van der Waals surface area (Å²) in [6.07, 6.45) is 12.6. The Bertz CT molecular complexity index is 661. The molecule has 0 aromatic heterocycles. The van der Waals surface area contributed by atoms with Gasteiger partial charge in [-0.15, -0.1) is 0 Å². The molecule has 1 aromatic rings. The molecule has 0 heterocycles. The zero-order valence-corrected chi connectivity index (χ0v) is 19.8. The summed E-state index contributed by atoms with van der Waals surface area (Å²) in [6.45, 7) is 8.66. The van der Waals surface area contributed by atoms with Crippen molar-refractivity contribution >= 4 is 18.0 Å². The Hall–Kier alpha value is -2.30. The van der Waals surface area contributed by atoms with Crippen molar-refractivity contribution in [3.05, 3.63) is 35.9 Å². The lowest BCUT2D eigenvalue weighted by Gasteiger charge is -2.20. The fourth-order valence-corrected chi connectivity index (χ4v) is 2.75. The van der Waals surface area contributed by atoms with Crippen molar-refractivity contribution in [3.63, 3.8) is 0 Å². The van der Waals surface area contributed by atoms with E-state index in [9.17, 15) is 9.59 Å². The molecule has 0 amide bonds. The van der Waals surface area contributed by atoms with E-state index in [2.05, 4.69) is 6.92 Å². The minimum Gasteiger partial charge on any atom is -0.494 e. The summed E-state index contributed by atoms with van der Waals surface area (Å²) in [5.41, 5.74) is 0.366. The summed E-state index contributed by atoms with van der Waals surface area (Å²) in [5.74, 6) is 0.0865. The van der Waals surface area contributed by atoms with Crippen molar-refractivity contribution in [1.29, 1.82) is 0 Å². The largest absolute Gasteiger partial charge is 0.494 e. The maximum absolute atomic E-state index is 11.8. The van der Waals surface area contributed by atoms with Gasteiger partial charge in [0.05, 0.1) is 12.0 Å². The Morgan fingerprint density at radius 2 is 1.45 bits per heavy atom. The van der Waals surface area contributed by atoms with Gasteiger partial charge in [0.2, 0.25) is 0 Å². The van der Waals surface area contributed by atoms with Crippen LogP contribution in [0.15, 0.2) is 30.3 Å². The number of hydrogen-bond donors (Lipinski definition) is 0. The van der Waals surface area contributed by atoms with Gasteiger partial charge in [-0.05, 0) is 50.5 Å². The topological polar surface area (TPSA) is 61.8 Å². The normalized spacial score (nSPS) is 11.5. The molecule has 1 rings (SSSR count). The fourth-order valence-electron chi connectivity index (χ4n) is 2.75. The predicted molar refractivity (Wildman–Crippen MR) is 125 cm³/mol. The van der Waals surface area contributed by atoms with E-state index in [-0.39, 0.29) is 19.2 Å². The SMILES string of the molecule is CCCCCCCCCOc1ccc(/C=C/C(=O)OCCOC(=O)C(C)(C)CC)cc1. The van der Waals surface area contributed by atoms with Gasteiger partial charge in [0.15, 0.2) is 0 Å². The first kappa shape index (κ1) is 26.7. The Kier molecular flexibility index (Phi) is 13.4. The number of unbranched alkanes of at least 4 members (excludes halogenated alkanes) is 6. The van der Waals surface area contributed by atoms with Crippen LogP contribution in [0.4, 0.5) is 0 Å². The molecule has 0 spiro atoms. The van der Waals surface area contributed by atoms with E-state index in [4.69, 9.17) is 14.2 Å². The van der Waals surface area contributed by atoms with Crippen LogP contribution in [0, 0.1) is 5.41 Å². The second-order valence-electron chi connectivity index (χ2n) is 8.41. The van der Waals surface area contributed by atoms with E-state index in [0.29, 0.717) is 6.42 Å². The molecule has 1 aromatic carbocycles. The number of benzene rings is 1. The van der Waals surface area contributed by atoms with E-state index in [0.717, 1.165) is 24.3 Å². The molecule has 174 valence electrons. The molecule has 0 aliphatic rings. The highest BCUT2D eigenvalue weighted by Gasteiger charge is 2.26. The van der Waals surface area contributed by atoms with Crippen LogP contribution in [0.1, 0.15) is 84.6 Å². The minimum absolute atomic E-state index is 0.0418. The van der Waals surface area contributed by atoms with Crippen molar-refractivity contribution in [2.75, 3.05) is 19.8 Å². The molecule has 5 heteroatoms. The lowest BCUT2D eigenvalue weighted by atomic mass is 9.91. The van der Waals surface area contributed by atoms with Gasteiger partial charge in [0.1, 0.15) is 19.0 Å². The van der Waals surface area contributed by atoms with Crippen molar-refractivity contribution in [2.24, 2.45) is 5.41 Å². The number of ether oxygens (including phenoxy) is 3. The molecule has 0 fully saturated rings. The average molecular weight is 433 g/mol. The van der Waals surface area contributed by atoms with Crippen LogP contribution in [-0.2, 0) is 19.1 Å². The average Bonchev–Trinajstić information content (AvgIpc) is 2.77.